The van der Waals surface area contributed by atoms with Gasteiger partial charge in [-0.05, 0) is 18.1 Å². The SMILES string of the molecule is COc1cc2c(OC(=O)[C@@H](OC)C(C)C)cccc2c(OC)c1OC. The van der Waals surface area contributed by atoms with Crippen LogP contribution in [0.3, 0.4) is 0 Å². The first-order chi connectivity index (χ1) is 12.0. The van der Waals surface area contributed by atoms with Crippen LogP contribution in [0.2, 0.25) is 0 Å². The average Bonchev–Trinajstić information content (AvgIpc) is 2.60. The fourth-order valence-electron chi connectivity index (χ4n) is 2.77. The number of rotatable bonds is 7. The molecule has 0 radical (unpaired) electrons. The van der Waals surface area contributed by atoms with Gasteiger partial charge in [-0.1, -0.05) is 26.0 Å². The van der Waals surface area contributed by atoms with Crippen LogP contribution in [-0.2, 0) is 9.53 Å². The van der Waals surface area contributed by atoms with Crippen molar-refractivity contribution < 1.29 is 28.5 Å². The molecule has 25 heavy (non-hydrogen) atoms. The maximum atomic E-state index is 12.4. The minimum Gasteiger partial charge on any atom is -0.493 e. The van der Waals surface area contributed by atoms with E-state index in [0.717, 1.165) is 5.39 Å². The maximum Gasteiger partial charge on any atom is 0.340 e. The maximum absolute atomic E-state index is 12.4. The van der Waals surface area contributed by atoms with E-state index in [1.54, 1.807) is 32.4 Å². The summed E-state index contributed by atoms with van der Waals surface area (Å²) < 4.78 is 27.1. The number of hydrogen-bond donors (Lipinski definition) is 0. The van der Waals surface area contributed by atoms with Gasteiger partial charge in [-0.2, -0.15) is 0 Å². The zero-order valence-corrected chi connectivity index (χ0v) is 15.4. The van der Waals surface area contributed by atoms with E-state index in [-0.39, 0.29) is 5.92 Å². The van der Waals surface area contributed by atoms with Crippen LogP contribution in [0, 0.1) is 5.92 Å². The summed E-state index contributed by atoms with van der Waals surface area (Å²) >= 11 is 0. The number of fused-ring (bicyclic) bond motifs is 1. The molecular weight excluding hydrogens is 324 g/mol. The Bertz CT molecular complexity index is 753. The van der Waals surface area contributed by atoms with E-state index >= 15 is 0 Å². The number of carbonyl (C=O) groups is 1. The molecule has 0 aliphatic carbocycles. The predicted octanol–water partition coefficient (Wildman–Crippen LogP) is 3.44. The summed E-state index contributed by atoms with van der Waals surface area (Å²) in [5.41, 5.74) is 0. The zero-order valence-electron chi connectivity index (χ0n) is 15.4. The molecule has 0 spiro atoms. The lowest BCUT2D eigenvalue weighted by molar-refractivity contribution is -0.148. The van der Waals surface area contributed by atoms with Gasteiger partial charge in [0.15, 0.2) is 17.6 Å². The van der Waals surface area contributed by atoms with E-state index in [9.17, 15) is 4.79 Å². The van der Waals surface area contributed by atoms with Gasteiger partial charge in [0.05, 0.1) is 21.3 Å². The molecule has 136 valence electrons. The number of esters is 1. The molecule has 0 aromatic heterocycles. The highest BCUT2D eigenvalue weighted by Gasteiger charge is 2.25. The topological polar surface area (TPSA) is 63.2 Å². The molecule has 0 heterocycles. The van der Waals surface area contributed by atoms with Gasteiger partial charge in [0.2, 0.25) is 5.75 Å². The largest absolute Gasteiger partial charge is 0.493 e. The molecule has 0 N–H and O–H groups in total. The lowest BCUT2D eigenvalue weighted by Crippen LogP contribution is -2.32. The van der Waals surface area contributed by atoms with Crippen molar-refractivity contribution in [3.05, 3.63) is 24.3 Å². The van der Waals surface area contributed by atoms with Crippen molar-refractivity contribution in [3.63, 3.8) is 0 Å². The Labute approximate surface area is 147 Å². The van der Waals surface area contributed by atoms with Crippen molar-refractivity contribution >= 4 is 16.7 Å². The van der Waals surface area contributed by atoms with Crippen molar-refractivity contribution in [2.75, 3.05) is 28.4 Å². The highest BCUT2D eigenvalue weighted by molar-refractivity contribution is 5.98. The molecule has 2 aromatic rings. The third-order valence-corrected chi connectivity index (χ3v) is 3.95. The Balaban J connectivity index is 2.57. The molecule has 2 aromatic carbocycles. The number of ether oxygens (including phenoxy) is 5. The van der Waals surface area contributed by atoms with E-state index < -0.39 is 12.1 Å². The standard InChI is InChI=1S/C19H24O6/c1-11(2)16(22-4)19(20)25-14-9-7-8-12-13(14)10-15(21-3)18(24-6)17(12)23-5/h7-11,16H,1-6H3/t16-/m0/s1. The lowest BCUT2D eigenvalue weighted by Gasteiger charge is -2.19. The fourth-order valence-corrected chi connectivity index (χ4v) is 2.77. The monoisotopic (exact) mass is 348 g/mol. The predicted molar refractivity (Wildman–Crippen MR) is 94.9 cm³/mol. The molecule has 1 atom stereocenters. The summed E-state index contributed by atoms with van der Waals surface area (Å²) in [7, 11) is 6.13. The van der Waals surface area contributed by atoms with E-state index in [1.807, 2.05) is 19.9 Å². The molecule has 0 bridgehead atoms. The average molecular weight is 348 g/mol. The van der Waals surface area contributed by atoms with Crippen LogP contribution >= 0.6 is 0 Å². The lowest BCUT2D eigenvalue weighted by atomic mass is 10.1. The number of methoxy groups -OCH3 is 4. The van der Waals surface area contributed by atoms with Gasteiger partial charge in [0.1, 0.15) is 5.75 Å². The van der Waals surface area contributed by atoms with E-state index in [4.69, 9.17) is 23.7 Å². The van der Waals surface area contributed by atoms with Crippen LogP contribution in [0.15, 0.2) is 24.3 Å². The first kappa shape index (κ1) is 18.9. The summed E-state index contributed by atoms with van der Waals surface area (Å²) in [5.74, 6) is 1.45. The Morgan fingerprint density at radius 2 is 1.56 bits per heavy atom. The van der Waals surface area contributed by atoms with Crippen LogP contribution in [0.1, 0.15) is 13.8 Å². The molecule has 6 heteroatoms. The van der Waals surface area contributed by atoms with Crippen LogP contribution in [0.5, 0.6) is 23.0 Å². The molecule has 0 aliphatic heterocycles. The Morgan fingerprint density at radius 1 is 0.880 bits per heavy atom. The van der Waals surface area contributed by atoms with Crippen molar-refractivity contribution in [2.24, 2.45) is 5.92 Å². The molecule has 0 aliphatic rings. The van der Waals surface area contributed by atoms with Crippen LogP contribution in [0.25, 0.3) is 10.8 Å². The zero-order chi connectivity index (χ0) is 18.6. The minimum absolute atomic E-state index is 0.00311. The molecular formula is C19H24O6. The van der Waals surface area contributed by atoms with Gasteiger partial charge < -0.3 is 23.7 Å². The van der Waals surface area contributed by atoms with E-state index in [2.05, 4.69) is 0 Å². The second-order valence-electron chi connectivity index (χ2n) is 5.82. The summed E-state index contributed by atoms with van der Waals surface area (Å²) in [4.78, 5) is 12.4. The normalized spacial score (nSPS) is 12.1. The van der Waals surface area contributed by atoms with Crippen molar-refractivity contribution in [1.82, 2.24) is 0 Å². The molecule has 6 nitrogen and oxygen atoms in total. The molecule has 2 rings (SSSR count). The third-order valence-electron chi connectivity index (χ3n) is 3.95. The molecule has 0 fully saturated rings. The number of benzene rings is 2. The van der Waals surface area contributed by atoms with Gasteiger partial charge in [-0.3, -0.25) is 0 Å². The summed E-state index contributed by atoms with van der Waals surface area (Å²) in [6.07, 6.45) is -0.641. The van der Waals surface area contributed by atoms with Crippen LogP contribution in [0.4, 0.5) is 0 Å². The Kier molecular flexibility index (Phi) is 6.09. The summed E-state index contributed by atoms with van der Waals surface area (Å²) in [6, 6.07) is 7.13. The highest BCUT2D eigenvalue weighted by atomic mass is 16.6. The Hall–Kier alpha value is -2.47. The second-order valence-corrected chi connectivity index (χ2v) is 5.82. The summed E-state index contributed by atoms with van der Waals surface area (Å²) in [5, 5.41) is 1.44. The number of carbonyl (C=O) groups excluding carboxylic acids is 1. The smallest absolute Gasteiger partial charge is 0.340 e. The van der Waals surface area contributed by atoms with Gasteiger partial charge in [0.25, 0.3) is 0 Å². The first-order valence-electron chi connectivity index (χ1n) is 7.94. The highest BCUT2D eigenvalue weighted by Crippen LogP contribution is 2.45. The fraction of sp³-hybridized carbons (Fsp3) is 0.421. The van der Waals surface area contributed by atoms with Gasteiger partial charge in [-0.15, -0.1) is 0 Å². The Morgan fingerprint density at radius 3 is 2.08 bits per heavy atom. The van der Waals surface area contributed by atoms with Gasteiger partial charge >= 0.3 is 5.97 Å². The van der Waals surface area contributed by atoms with Gasteiger partial charge in [0, 0.05) is 17.9 Å². The van der Waals surface area contributed by atoms with E-state index in [0.29, 0.717) is 28.4 Å². The van der Waals surface area contributed by atoms with Crippen molar-refractivity contribution in [1.29, 1.82) is 0 Å². The quantitative estimate of drug-likeness (QED) is 0.564. The first-order valence-corrected chi connectivity index (χ1v) is 7.94. The molecule has 0 saturated carbocycles. The molecule has 0 amide bonds. The third kappa shape index (κ3) is 3.64. The van der Waals surface area contributed by atoms with Crippen molar-refractivity contribution in [2.45, 2.75) is 20.0 Å². The second kappa shape index (κ2) is 8.07. The number of hydrogen-bond acceptors (Lipinski definition) is 6. The summed E-state index contributed by atoms with van der Waals surface area (Å²) in [6.45, 7) is 3.80. The molecule has 0 unspecified atom stereocenters. The molecule has 0 saturated heterocycles. The van der Waals surface area contributed by atoms with E-state index in [1.165, 1.54) is 14.2 Å². The van der Waals surface area contributed by atoms with Crippen molar-refractivity contribution in [3.8, 4) is 23.0 Å². The van der Waals surface area contributed by atoms with Crippen LogP contribution < -0.4 is 18.9 Å². The van der Waals surface area contributed by atoms with Gasteiger partial charge in [-0.25, -0.2) is 4.79 Å². The minimum atomic E-state index is -0.641. The van der Waals surface area contributed by atoms with Crippen LogP contribution in [-0.4, -0.2) is 40.5 Å².